The monoisotopic (exact) mass is 322 g/mol. The Morgan fingerprint density at radius 1 is 1.14 bits per heavy atom. The summed E-state index contributed by atoms with van der Waals surface area (Å²) in [6.45, 7) is 1.59. The molecule has 0 aliphatic carbocycles. The lowest BCUT2D eigenvalue weighted by Gasteiger charge is -2.11. The molecule has 0 fully saturated rings. The van der Waals surface area contributed by atoms with E-state index in [0.29, 0.717) is 16.1 Å². The van der Waals surface area contributed by atoms with Gasteiger partial charge in [0.25, 0.3) is 5.91 Å². The summed E-state index contributed by atoms with van der Waals surface area (Å²) in [6.07, 6.45) is 0.278. The second kappa shape index (κ2) is 7.15. The number of hydrogen-bond donors (Lipinski definition) is 2. The Morgan fingerprint density at radius 2 is 1.77 bits per heavy atom. The number of anilines is 2. The van der Waals surface area contributed by atoms with Gasteiger partial charge in [-0.05, 0) is 18.2 Å². The van der Waals surface area contributed by atoms with Crippen LogP contribution in [0.5, 0.6) is 0 Å². The molecule has 0 atom stereocenters. The maximum absolute atomic E-state index is 11.7. The molecular weight excluding hydrogens is 308 g/mol. The molecule has 7 nitrogen and oxygen atoms in total. The largest absolute Gasteiger partial charge is 0.375 e. The topological polar surface area (TPSA) is 93.2 Å². The molecule has 1 aromatic heterocycles. The van der Waals surface area contributed by atoms with Gasteiger partial charge >= 0.3 is 0 Å². The molecule has 1 aromatic carbocycles. The number of carbonyl (C=O) groups is 2. The number of ether oxygens (including phenoxy) is 1. The van der Waals surface area contributed by atoms with Crippen LogP contribution in [0.2, 0.25) is 5.02 Å². The number of halogens is 1. The fourth-order valence-corrected chi connectivity index (χ4v) is 1.89. The Hall–Kier alpha value is -2.25. The molecule has 22 heavy (non-hydrogen) atoms. The van der Waals surface area contributed by atoms with E-state index in [-0.39, 0.29) is 30.6 Å². The molecule has 0 saturated carbocycles. The molecule has 0 unspecified atom stereocenters. The molecule has 0 spiro atoms. The second-order valence-electron chi connectivity index (χ2n) is 4.44. The predicted octanol–water partition coefficient (Wildman–Crippen LogP) is 2.22. The van der Waals surface area contributed by atoms with Crippen molar-refractivity contribution in [3.8, 4) is 0 Å². The lowest BCUT2D eigenvalue weighted by atomic mass is 10.3. The van der Waals surface area contributed by atoms with Crippen LogP contribution in [0.1, 0.15) is 13.3 Å². The maximum atomic E-state index is 11.7. The minimum absolute atomic E-state index is 0.124. The van der Waals surface area contributed by atoms with Crippen molar-refractivity contribution in [3.63, 3.8) is 0 Å². The molecular formula is C14H15ClN4O3. The first-order chi connectivity index (χ1) is 10.5. The third-order valence-corrected chi connectivity index (χ3v) is 2.97. The number of hydrogen-bond acceptors (Lipinski definition) is 5. The van der Waals surface area contributed by atoms with Gasteiger partial charge < -0.3 is 15.4 Å². The number of amides is 2. The highest BCUT2D eigenvalue weighted by molar-refractivity contribution is 6.31. The van der Waals surface area contributed by atoms with Gasteiger partial charge in [0.2, 0.25) is 5.91 Å². The van der Waals surface area contributed by atoms with Gasteiger partial charge in [0, 0.05) is 18.6 Å². The molecule has 8 heteroatoms. The lowest BCUT2D eigenvalue weighted by molar-refractivity contribution is -0.119. The average Bonchev–Trinajstić information content (AvgIpc) is 2.48. The number of rotatable bonds is 5. The van der Waals surface area contributed by atoms with Gasteiger partial charge in [-0.3, -0.25) is 9.59 Å². The Balaban J connectivity index is 2.45. The van der Waals surface area contributed by atoms with Crippen molar-refractivity contribution in [2.75, 3.05) is 24.4 Å². The van der Waals surface area contributed by atoms with Crippen molar-refractivity contribution < 1.29 is 14.3 Å². The van der Waals surface area contributed by atoms with Crippen LogP contribution < -0.4 is 10.6 Å². The lowest BCUT2D eigenvalue weighted by Crippen LogP contribution is -2.21. The van der Waals surface area contributed by atoms with Crippen LogP contribution in [-0.4, -0.2) is 35.5 Å². The van der Waals surface area contributed by atoms with Crippen molar-refractivity contribution in [3.05, 3.63) is 23.2 Å². The van der Waals surface area contributed by atoms with Crippen LogP contribution in [0.15, 0.2) is 18.2 Å². The highest BCUT2D eigenvalue weighted by Crippen LogP contribution is 2.23. The van der Waals surface area contributed by atoms with Crippen molar-refractivity contribution in [2.45, 2.75) is 13.3 Å². The average molecular weight is 323 g/mol. The summed E-state index contributed by atoms with van der Waals surface area (Å²) < 4.78 is 4.76. The number of methoxy groups -OCH3 is 1. The summed E-state index contributed by atoms with van der Waals surface area (Å²) in [6, 6.07) is 4.98. The van der Waals surface area contributed by atoms with Crippen LogP contribution in [0.3, 0.4) is 0 Å². The first-order valence-electron chi connectivity index (χ1n) is 6.59. The van der Waals surface area contributed by atoms with Gasteiger partial charge in [-0.1, -0.05) is 18.5 Å². The third-order valence-electron chi connectivity index (χ3n) is 2.74. The number of fused-ring (bicyclic) bond motifs is 1. The third kappa shape index (κ3) is 3.90. The zero-order valence-corrected chi connectivity index (χ0v) is 12.9. The molecule has 116 valence electrons. The summed E-state index contributed by atoms with van der Waals surface area (Å²) >= 11 is 5.93. The Morgan fingerprint density at radius 3 is 2.41 bits per heavy atom. The quantitative estimate of drug-likeness (QED) is 0.880. The summed E-state index contributed by atoms with van der Waals surface area (Å²) in [5, 5.41) is 5.68. The number of benzene rings is 1. The van der Waals surface area contributed by atoms with E-state index < -0.39 is 5.91 Å². The van der Waals surface area contributed by atoms with Gasteiger partial charge in [-0.2, -0.15) is 0 Å². The maximum Gasteiger partial charge on any atom is 0.251 e. The smallest absolute Gasteiger partial charge is 0.251 e. The van der Waals surface area contributed by atoms with E-state index >= 15 is 0 Å². The molecule has 2 amide bonds. The normalized spacial score (nSPS) is 10.5. The van der Waals surface area contributed by atoms with Crippen LogP contribution in [0.4, 0.5) is 11.6 Å². The number of nitrogens with zero attached hydrogens (tertiary/aromatic N) is 2. The van der Waals surface area contributed by atoms with Gasteiger partial charge in [0.1, 0.15) is 6.61 Å². The van der Waals surface area contributed by atoms with Crippen molar-refractivity contribution in [1.29, 1.82) is 0 Å². The van der Waals surface area contributed by atoms with Crippen LogP contribution in [0.25, 0.3) is 11.0 Å². The zero-order valence-electron chi connectivity index (χ0n) is 12.1. The predicted molar refractivity (Wildman–Crippen MR) is 84.0 cm³/mol. The van der Waals surface area contributed by atoms with Gasteiger partial charge in [-0.15, -0.1) is 0 Å². The number of aromatic nitrogens is 2. The van der Waals surface area contributed by atoms with Crippen LogP contribution >= 0.6 is 11.6 Å². The van der Waals surface area contributed by atoms with Crippen molar-refractivity contribution in [1.82, 2.24) is 9.97 Å². The summed E-state index contributed by atoms with van der Waals surface area (Å²) in [4.78, 5) is 31.9. The standard InChI is InChI=1S/C14H15ClN4O3/c1-3-11(20)18-14-13(19-12(21)7-22-2)16-9-5-4-8(15)6-10(9)17-14/h4-6H,3,7H2,1-2H3,(H,16,19,21)(H,17,18,20). The van der Waals surface area contributed by atoms with Gasteiger partial charge in [0.15, 0.2) is 11.6 Å². The summed E-state index contributed by atoms with van der Waals surface area (Å²) in [5.74, 6) is -0.292. The van der Waals surface area contributed by atoms with E-state index in [0.717, 1.165) is 0 Å². The molecule has 2 rings (SSSR count). The van der Waals surface area contributed by atoms with E-state index in [1.54, 1.807) is 25.1 Å². The number of carbonyl (C=O) groups excluding carboxylic acids is 2. The van der Waals surface area contributed by atoms with E-state index in [1.165, 1.54) is 7.11 Å². The van der Waals surface area contributed by atoms with Crippen molar-refractivity contribution in [2.24, 2.45) is 0 Å². The van der Waals surface area contributed by atoms with Gasteiger partial charge in [-0.25, -0.2) is 9.97 Å². The summed E-state index contributed by atoms with van der Waals surface area (Å²) in [5.41, 5.74) is 1.07. The van der Waals surface area contributed by atoms with E-state index in [1.807, 2.05) is 0 Å². The minimum Gasteiger partial charge on any atom is -0.375 e. The van der Waals surface area contributed by atoms with Crippen molar-refractivity contribution >= 4 is 46.1 Å². The Labute approximate surface area is 132 Å². The Bertz CT molecular complexity index is 721. The molecule has 1 heterocycles. The SMILES string of the molecule is CCC(=O)Nc1nc2cc(Cl)ccc2nc1NC(=O)COC. The highest BCUT2D eigenvalue weighted by atomic mass is 35.5. The first kappa shape index (κ1) is 16.1. The van der Waals surface area contributed by atoms with Crippen LogP contribution in [0, 0.1) is 0 Å². The highest BCUT2D eigenvalue weighted by Gasteiger charge is 2.14. The van der Waals surface area contributed by atoms with E-state index in [2.05, 4.69) is 20.6 Å². The van der Waals surface area contributed by atoms with Crippen LogP contribution in [-0.2, 0) is 14.3 Å². The second-order valence-corrected chi connectivity index (χ2v) is 4.87. The molecule has 0 saturated heterocycles. The molecule has 0 aliphatic heterocycles. The van der Waals surface area contributed by atoms with Gasteiger partial charge in [0.05, 0.1) is 11.0 Å². The number of nitrogens with one attached hydrogen (secondary N) is 2. The molecule has 0 aliphatic rings. The molecule has 2 N–H and O–H groups in total. The molecule has 2 aromatic rings. The zero-order chi connectivity index (χ0) is 16.1. The molecule has 0 radical (unpaired) electrons. The fourth-order valence-electron chi connectivity index (χ4n) is 1.72. The van der Waals surface area contributed by atoms with E-state index in [4.69, 9.17) is 16.3 Å². The first-order valence-corrected chi connectivity index (χ1v) is 6.97. The molecule has 0 bridgehead atoms. The minimum atomic E-state index is -0.392. The summed E-state index contributed by atoms with van der Waals surface area (Å²) in [7, 11) is 1.41. The Kier molecular flexibility index (Phi) is 5.24. The van der Waals surface area contributed by atoms with E-state index in [9.17, 15) is 9.59 Å². The fraction of sp³-hybridized carbons (Fsp3) is 0.286.